The van der Waals surface area contributed by atoms with Gasteiger partial charge in [-0.05, 0) is 104 Å². The van der Waals surface area contributed by atoms with Gasteiger partial charge in [0.2, 0.25) is 5.88 Å². The van der Waals surface area contributed by atoms with Crippen LogP contribution in [0.5, 0.6) is 11.6 Å². The van der Waals surface area contributed by atoms with E-state index in [0.29, 0.717) is 17.0 Å². The average Bonchev–Trinajstić information content (AvgIpc) is 3.76. The van der Waals surface area contributed by atoms with Crippen LogP contribution in [0, 0.1) is 5.92 Å². The minimum atomic E-state index is -1.09. The summed E-state index contributed by atoms with van der Waals surface area (Å²) in [6, 6.07) is 16.3. The number of carbonyl (C=O) groups is 1. The largest absolute Gasteiger partial charge is 0.485 e. The van der Waals surface area contributed by atoms with E-state index in [-0.39, 0.29) is 6.10 Å². The summed E-state index contributed by atoms with van der Waals surface area (Å²) < 4.78 is 12.0. The van der Waals surface area contributed by atoms with Crippen molar-refractivity contribution in [1.82, 2.24) is 9.88 Å². The SMILES string of the molecule is COc1cc(-c2ccc(C3CCc4ccc([C@H](O)[C@H](C)C(=O)O)cc4O3)c(CN3CCCCC34CC4)c2)ccn1. The fourth-order valence-electron chi connectivity index (χ4n) is 6.46. The molecule has 0 radical (unpaired) electrons. The quantitative estimate of drug-likeness (QED) is 0.356. The summed E-state index contributed by atoms with van der Waals surface area (Å²) in [7, 11) is 1.64. The van der Waals surface area contributed by atoms with Gasteiger partial charge in [-0.2, -0.15) is 0 Å². The van der Waals surface area contributed by atoms with Crippen LogP contribution in [0.3, 0.4) is 0 Å². The molecule has 7 nitrogen and oxygen atoms in total. The molecule has 2 N–H and O–H groups in total. The predicted molar refractivity (Wildman–Crippen MR) is 152 cm³/mol. The first-order valence-corrected chi connectivity index (χ1v) is 14.5. The molecular formula is C33H38N2O5. The molecule has 3 aliphatic rings. The summed E-state index contributed by atoms with van der Waals surface area (Å²) in [6.07, 6.45) is 8.72. The Hall–Kier alpha value is -3.42. The lowest BCUT2D eigenvalue weighted by Crippen LogP contribution is -2.41. The van der Waals surface area contributed by atoms with Crippen molar-refractivity contribution in [3.63, 3.8) is 0 Å². The number of pyridine rings is 1. The number of methoxy groups -OCH3 is 1. The normalized spacial score (nSPS) is 21.2. The third-order valence-corrected chi connectivity index (χ3v) is 9.19. The van der Waals surface area contributed by atoms with Crippen LogP contribution in [0.1, 0.15) is 79.9 Å². The van der Waals surface area contributed by atoms with Gasteiger partial charge in [0, 0.05) is 24.3 Å². The fourth-order valence-corrected chi connectivity index (χ4v) is 6.46. The maximum Gasteiger partial charge on any atom is 0.309 e. The monoisotopic (exact) mass is 542 g/mol. The highest BCUT2D eigenvalue weighted by molar-refractivity contribution is 5.70. The van der Waals surface area contributed by atoms with Gasteiger partial charge in [-0.1, -0.05) is 30.7 Å². The summed E-state index contributed by atoms with van der Waals surface area (Å²) in [6.45, 7) is 3.55. The molecule has 1 spiro atoms. The minimum Gasteiger partial charge on any atom is -0.485 e. The Labute approximate surface area is 235 Å². The second-order valence-electron chi connectivity index (χ2n) is 11.7. The number of likely N-dealkylation sites (tertiary alicyclic amines) is 1. The second kappa shape index (κ2) is 10.9. The van der Waals surface area contributed by atoms with Crippen molar-refractivity contribution in [2.24, 2.45) is 5.92 Å². The molecule has 2 aromatic carbocycles. The molecule has 2 fully saturated rings. The number of aliphatic hydroxyl groups excluding tert-OH is 1. The van der Waals surface area contributed by atoms with Crippen LogP contribution >= 0.6 is 0 Å². The molecule has 0 amide bonds. The molecule has 2 aliphatic heterocycles. The average molecular weight is 543 g/mol. The molecule has 1 aliphatic carbocycles. The van der Waals surface area contributed by atoms with E-state index in [2.05, 4.69) is 28.1 Å². The van der Waals surface area contributed by atoms with E-state index >= 15 is 0 Å². The van der Waals surface area contributed by atoms with Gasteiger partial charge in [0.1, 0.15) is 11.9 Å². The van der Waals surface area contributed by atoms with Gasteiger partial charge in [-0.15, -0.1) is 0 Å². The molecular weight excluding hydrogens is 504 g/mol. The van der Waals surface area contributed by atoms with Crippen LogP contribution in [0.4, 0.5) is 0 Å². The van der Waals surface area contributed by atoms with Crippen molar-refractivity contribution in [2.75, 3.05) is 13.7 Å². The summed E-state index contributed by atoms with van der Waals surface area (Å²) in [4.78, 5) is 18.4. The number of piperidine rings is 1. The van der Waals surface area contributed by atoms with Crippen LogP contribution < -0.4 is 9.47 Å². The van der Waals surface area contributed by atoms with Crippen LogP contribution in [0.25, 0.3) is 11.1 Å². The number of aliphatic hydroxyl groups is 1. The van der Waals surface area contributed by atoms with E-state index < -0.39 is 18.0 Å². The first-order valence-electron chi connectivity index (χ1n) is 14.5. The Balaban J connectivity index is 1.33. The van der Waals surface area contributed by atoms with Gasteiger partial charge in [0.15, 0.2) is 0 Å². The van der Waals surface area contributed by atoms with Crippen molar-refractivity contribution in [2.45, 2.75) is 76.2 Å². The number of rotatable bonds is 8. The molecule has 1 aromatic heterocycles. The number of hydrogen-bond donors (Lipinski definition) is 2. The molecule has 3 heterocycles. The van der Waals surface area contributed by atoms with Crippen molar-refractivity contribution >= 4 is 5.97 Å². The summed E-state index contributed by atoms with van der Waals surface area (Å²) in [5.74, 6) is -0.594. The van der Waals surface area contributed by atoms with Crippen molar-refractivity contribution in [3.05, 3.63) is 77.0 Å². The zero-order valence-electron chi connectivity index (χ0n) is 23.3. The molecule has 0 bridgehead atoms. The standard InChI is InChI=1S/C33H38N2O5/c1-21(32(37)38)31(36)25-6-5-22-8-10-28(40-29(22)18-25)27-9-7-23(24-11-15-34-30(19-24)39-2)17-26(27)20-35-16-4-3-12-33(35)13-14-33/h5-7,9,11,15,17-19,21,28,31,36H,3-4,8,10,12-14,16,20H2,1-2H3,(H,37,38)/t21-,28?,31+/m0/s1. The lowest BCUT2D eigenvalue weighted by atomic mass is 9.89. The van der Waals surface area contributed by atoms with Gasteiger partial charge in [-0.3, -0.25) is 9.69 Å². The van der Waals surface area contributed by atoms with Gasteiger partial charge in [0.05, 0.1) is 19.1 Å². The third kappa shape index (κ3) is 5.20. The number of carboxylic acid groups (broad SMARTS) is 1. The molecule has 3 aromatic rings. The summed E-state index contributed by atoms with van der Waals surface area (Å²) in [5, 5.41) is 20.0. The number of aryl methyl sites for hydroxylation is 1. The van der Waals surface area contributed by atoms with Crippen LogP contribution in [0.15, 0.2) is 54.7 Å². The lowest BCUT2D eigenvalue weighted by molar-refractivity contribution is -0.145. The minimum absolute atomic E-state index is 0.118. The maximum atomic E-state index is 11.5. The van der Waals surface area contributed by atoms with E-state index in [4.69, 9.17) is 9.47 Å². The fraction of sp³-hybridized carbons (Fsp3) is 0.455. The van der Waals surface area contributed by atoms with Gasteiger partial charge < -0.3 is 19.7 Å². The van der Waals surface area contributed by atoms with E-state index in [1.165, 1.54) is 50.2 Å². The van der Waals surface area contributed by atoms with Crippen molar-refractivity contribution in [1.29, 1.82) is 0 Å². The number of carboxylic acids is 1. The number of benzene rings is 2. The molecule has 3 atom stereocenters. The Kier molecular flexibility index (Phi) is 7.27. The van der Waals surface area contributed by atoms with Gasteiger partial charge in [-0.25, -0.2) is 4.98 Å². The van der Waals surface area contributed by atoms with Crippen LogP contribution in [-0.2, 0) is 17.8 Å². The molecule has 40 heavy (non-hydrogen) atoms. The van der Waals surface area contributed by atoms with Gasteiger partial charge in [0.25, 0.3) is 0 Å². The predicted octanol–water partition coefficient (Wildman–Crippen LogP) is 6.10. The molecule has 1 saturated carbocycles. The smallest absolute Gasteiger partial charge is 0.309 e. The second-order valence-corrected chi connectivity index (χ2v) is 11.7. The number of aliphatic carboxylic acids is 1. The highest BCUT2D eigenvalue weighted by Crippen LogP contribution is 2.49. The third-order valence-electron chi connectivity index (χ3n) is 9.19. The van der Waals surface area contributed by atoms with Crippen molar-refractivity contribution < 1.29 is 24.5 Å². The Morgan fingerprint density at radius 1 is 1.12 bits per heavy atom. The lowest BCUT2D eigenvalue weighted by Gasteiger charge is -2.37. The number of hydrogen-bond acceptors (Lipinski definition) is 6. The van der Waals surface area contributed by atoms with E-state index in [1.54, 1.807) is 13.3 Å². The van der Waals surface area contributed by atoms with Crippen LogP contribution in [-0.4, -0.2) is 45.3 Å². The van der Waals surface area contributed by atoms with Crippen LogP contribution in [0.2, 0.25) is 0 Å². The molecule has 1 unspecified atom stereocenters. The molecule has 7 heteroatoms. The molecule has 6 rings (SSSR count). The Bertz CT molecular complexity index is 1400. The highest BCUT2D eigenvalue weighted by atomic mass is 16.5. The van der Waals surface area contributed by atoms with Gasteiger partial charge >= 0.3 is 5.97 Å². The van der Waals surface area contributed by atoms with Crippen molar-refractivity contribution in [3.8, 4) is 22.8 Å². The Morgan fingerprint density at radius 3 is 2.73 bits per heavy atom. The zero-order valence-corrected chi connectivity index (χ0v) is 23.3. The maximum absolute atomic E-state index is 11.5. The number of fused-ring (bicyclic) bond motifs is 1. The molecule has 1 saturated heterocycles. The Morgan fingerprint density at radius 2 is 1.95 bits per heavy atom. The summed E-state index contributed by atoms with van der Waals surface area (Å²) in [5.41, 5.74) is 6.71. The topological polar surface area (TPSA) is 92.1 Å². The first-order chi connectivity index (χ1) is 19.4. The van der Waals surface area contributed by atoms with E-state index in [9.17, 15) is 15.0 Å². The zero-order chi connectivity index (χ0) is 27.9. The van der Waals surface area contributed by atoms with E-state index in [1.807, 2.05) is 30.3 Å². The highest BCUT2D eigenvalue weighted by Gasteiger charge is 2.48. The number of nitrogens with zero attached hydrogens (tertiary/aromatic N) is 2. The molecule has 210 valence electrons. The summed E-state index contributed by atoms with van der Waals surface area (Å²) >= 11 is 0. The number of aromatic nitrogens is 1. The van der Waals surface area contributed by atoms with E-state index in [0.717, 1.165) is 48.4 Å². The number of ether oxygens (including phenoxy) is 2. The first kappa shape index (κ1) is 26.8.